The van der Waals surface area contributed by atoms with Crippen LogP contribution >= 0.6 is 0 Å². The zero-order valence-corrected chi connectivity index (χ0v) is 18.9. The van der Waals surface area contributed by atoms with Crippen molar-refractivity contribution in [2.24, 2.45) is 0 Å². The maximum absolute atomic E-state index is 13.7. The van der Waals surface area contributed by atoms with Gasteiger partial charge in [-0.2, -0.15) is 0 Å². The average molecular weight is 445 g/mol. The van der Waals surface area contributed by atoms with Crippen molar-refractivity contribution in [3.05, 3.63) is 89.5 Å². The molecule has 0 aliphatic carbocycles. The summed E-state index contributed by atoms with van der Waals surface area (Å²) in [5.74, 6) is 0.787. The number of anilines is 1. The van der Waals surface area contributed by atoms with E-state index in [1.807, 2.05) is 54.6 Å². The number of aryl methyl sites for hydroxylation is 1. The first-order valence-electron chi connectivity index (χ1n) is 11.0. The van der Waals surface area contributed by atoms with Gasteiger partial charge < -0.3 is 19.7 Å². The molecule has 6 nitrogen and oxygen atoms in total. The van der Waals surface area contributed by atoms with Crippen LogP contribution in [0.1, 0.15) is 29.2 Å². The highest BCUT2D eigenvalue weighted by Crippen LogP contribution is 2.30. The molecule has 170 valence electrons. The SMILES string of the molecule is COc1ccc(CC(=O)NC(C(=O)N2CCCc3ccccc32)c2ccccc2)cc1OC. The van der Waals surface area contributed by atoms with Crippen LogP contribution < -0.4 is 19.7 Å². The molecular weight excluding hydrogens is 416 g/mol. The van der Waals surface area contributed by atoms with E-state index in [0.29, 0.717) is 18.0 Å². The summed E-state index contributed by atoms with van der Waals surface area (Å²) in [5.41, 5.74) is 3.60. The molecule has 3 aromatic rings. The smallest absolute Gasteiger partial charge is 0.254 e. The third-order valence-electron chi connectivity index (χ3n) is 5.87. The summed E-state index contributed by atoms with van der Waals surface area (Å²) < 4.78 is 10.6. The predicted molar refractivity (Wildman–Crippen MR) is 128 cm³/mol. The molecule has 6 heteroatoms. The van der Waals surface area contributed by atoms with Gasteiger partial charge >= 0.3 is 0 Å². The van der Waals surface area contributed by atoms with Gasteiger partial charge in [0.1, 0.15) is 6.04 Å². The van der Waals surface area contributed by atoms with Crippen LogP contribution in [0.5, 0.6) is 11.5 Å². The molecular formula is C27H28N2O4. The average Bonchev–Trinajstić information content (AvgIpc) is 2.87. The minimum atomic E-state index is -0.773. The molecule has 0 radical (unpaired) electrons. The van der Waals surface area contributed by atoms with Crippen molar-refractivity contribution in [3.8, 4) is 11.5 Å². The van der Waals surface area contributed by atoms with Gasteiger partial charge in [-0.05, 0) is 47.7 Å². The van der Waals surface area contributed by atoms with Crippen LogP contribution in [0.3, 0.4) is 0 Å². The van der Waals surface area contributed by atoms with Gasteiger partial charge in [0, 0.05) is 12.2 Å². The molecule has 3 aromatic carbocycles. The lowest BCUT2D eigenvalue weighted by Gasteiger charge is -2.32. The number of nitrogens with zero attached hydrogens (tertiary/aromatic N) is 1. The van der Waals surface area contributed by atoms with E-state index < -0.39 is 6.04 Å². The van der Waals surface area contributed by atoms with Crippen molar-refractivity contribution in [2.45, 2.75) is 25.3 Å². The number of carbonyl (C=O) groups is 2. The quantitative estimate of drug-likeness (QED) is 0.596. The first-order chi connectivity index (χ1) is 16.1. The van der Waals surface area contributed by atoms with Crippen LogP contribution in [-0.2, 0) is 22.4 Å². The number of nitrogens with one attached hydrogen (secondary N) is 1. The lowest BCUT2D eigenvalue weighted by atomic mass is 9.99. The van der Waals surface area contributed by atoms with Gasteiger partial charge in [0.2, 0.25) is 5.91 Å². The number of benzene rings is 3. The summed E-state index contributed by atoms with van der Waals surface area (Å²) in [5, 5.41) is 2.97. The zero-order chi connectivity index (χ0) is 23.2. The lowest BCUT2D eigenvalue weighted by molar-refractivity contribution is -0.127. The van der Waals surface area contributed by atoms with Crippen LogP contribution in [0.4, 0.5) is 5.69 Å². The number of hydrogen-bond acceptors (Lipinski definition) is 4. The Morgan fingerprint density at radius 2 is 1.67 bits per heavy atom. The van der Waals surface area contributed by atoms with Crippen molar-refractivity contribution in [1.29, 1.82) is 0 Å². The van der Waals surface area contributed by atoms with Crippen LogP contribution in [0.15, 0.2) is 72.8 Å². The van der Waals surface area contributed by atoms with E-state index in [2.05, 4.69) is 11.4 Å². The first kappa shape index (κ1) is 22.4. The van der Waals surface area contributed by atoms with Gasteiger partial charge in [-0.1, -0.05) is 54.6 Å². The molecule has 0 saturated carbocycles. The highest BCUT2D eigenvalue weighted by Gasteiger charge is 2.30. The molecule has 0 bridgehead atoms. The Kier molecular flexibility index (Phi) is 6.93. The molecule has 1 atom stereocenters. The number of fused-ring (bicyclic) bond motifs is 1. The van der Waals surface area contributed by atoms with E-state index in [4.69, 9.17) is 9.47 Å². The molecule has 1 aliphatic heterocycles. The van der Waals surface area contributed by atoms with Gasteiger partial charge in [-0.25, -0.2) is 0 Å². The summed E-state index contributed by atoms with van der Waals surface area (Å²) in [6, 6.07) is 21.9. The number of methoxy groups -OCH3 is 2. The topological polar surface area (TPSA) is 67.9 Å². The summed E-state index contributed by atoms with van der Waals surface area (Å²) >= 11 is 0. The zero-order valence-electron chi connectivity index (χ0n) is 18.9. The van der Waals surface area contributed by atoms with Crippen LogP contribution in [-0.4, -0.2) is 32.6 Å². The molecule has 0 fully saturated rings. The standard InChI is InChI=1S/C27H28N2O4/c1-32-23-15-14-19(17-24(23)33-2)18-25(30)28-26(21-10-4-3-5-11-21)27(31)29-16-8-12-20-9-6-7-13-22(20)29/h3-7,9-11,13-15,17,26H,8,12,16,18H2,1-2H3,(H,28,30). The van der Waals surface area contributed by atoms with Crippen molar-refractivity contribution >= 4 is 17.5 Å². The fourth-order valence-electron chi connectivity index (χ4n) is 4.24. The second kappa shape index (κ2) is 10.2. The van der Waals surface area contributed by atoms with E-state index in [9.17, 15) is 9.59 Å². The highest BCUT2D eigenvalue weighted by molar-refractivity contribution is 6.00. The van der Waals surface area contributed by atoms with Crippen LogP contribution in [0, 0.1) is 0 Å². The Morgan fingerprint density at radius 1 is 0.939 bits per heavy atom. The molecule has 1 unspecified atom stereocenters. The van der Waals surface area contributed by atoms with Gasteiger partial charge in [0.15, 0.2) is 11.5 Å². The van der Waals surface area contributed by atoms with E-state index in [-0.39, 0.29) is 18.2 Å². The lowest BCUT2D eigenvalue weighted by Crippen LogP contribution is -2.45. The van der Waals surface area contributed by atoms with E-state index >= 15 is 0 Å². The maximum atomic E-state index is 13.7. The van der Waals surface area contributed by atoms with E-state index in [1.165, 1.54) is 0 Å². The molecule has 4 rings (SSSR count). The van der Waals surface area contributed by atoms with Crippen molar-refractivity contribution in [1.82, 2.24) is 5.32 Å². The third-order valence-corrected chi connectivity index (χ3v) is 5.87. The van der Waals surface area contributed by atoms with Gasteiger partial charge in [0.05, 0.1) is 20.6 Å². The molecule has 1 heterocycles. The first-order valence-corrected chi connectivity index (χ1v) is 11.0. The number of hydrogen-bond donors (Lipinski definition) is 1. The minimum absolute atomic E-state index is 0.119. The fourth-order valence-corrected chi connectivity index (χ4v) is 4.24. The van der Waals surface area contributed by atoms with Gasteiger partial charge in [-0.15, -0.1) is 0 Å². The predicted octanol–water partition coefficient (Wildman–Crippen LogP) is 4.08. The number of amides is 2. The third kappa shape index (κ3) is 5.00. The Morgan fingerprint density at radius 3 is 2.42 bits per heavy atom. The molecule has 0 spiro atoms. The number of ether oxygens (including phenoxy) is 2. The Labute approximate surface area is 194 Å². The molecule has 0 saturated heterocycles. The number of rotatable bonds is 7. The number of carbonyl (C=O) groups excluding carboxylic acids is 2. The number of para-hydroxylation sites is 1. The Bertz CT molecular complexity index is 1130. The molecule has 1 N–H and O–H groups in total. The van der Waals surface area contributed by atoms with E-state index in [1.54, 1.807) is 31.3 Å². The summed E-state index contributed by atoms with van der Waals surface area (Å²) in [7, 11) is 3.13. The molecule has 33 heavy (non-hydrogen) atoms. The summed E-state index contributed by atoms with van der Waals surface area (Å²) in [4.78, 5) is 28.5. The maximum Gasteiger partial charge on any atom is 0.254 e. The summed E-state index contributed by atoms with van der Waals surface area (Å²) in [6.45, 7) is 0.630. The van der Waals surface area contributed by atoms with Gasteiger partial charge in [-0.3, -0.25) is 9.59 Å². The normalized spacial score (nSPS) is 13.6. The monoisotopic (exact) mass is 444 g/mol. The van der Waals surface area contributed by atoms with Crippen LogP contribution in [0.2, 0.25) is 0 Å². The molecule has 2 amide bonds. The van der Waals surface area contributed by atoms with E-state index in [0.717, 1.165) is 35.2 Å². The fraction of sp³-hybridized carbons (Fsp3) is 0.259. The Balaban J connectivity index is 1.57. The highest BCUT2D eigenvalue weighted by atomic mass is 16.5. The van der Waals surface area contributed by atoms with Crippen molar-refractivity contribution < 1.29 is 19.1 Å². The van der Waals surface area contributed by atoms with Gasteiger partial charge in [0.25, 0.3) is 5.91 Å². The summed E-state index contributed by atoms with van der Waals surface area (Å²) in [6.07, 6.45) is 1.96. The Hall–Kier alpha value is -3.80. The van der Waals surface area contributed by atoms with Crippen molar-refractivity contribution in [3.63, 3.8) is 0 Å². The van der Waals surface area contributed by atoms with Crippen LogP contribution in [0.25, 0.3) is 0 Å². The molecule has 1 aliphatic rings. The van der Waals surface area contributed by atoms with Crippen molar-refractivity contribution in [2.75, 3.05) is 25.7 Å². The second-order valence-corrected chi connectivity index (χ2v) is 8.00. The largest absolute Gasteiger partial charge is 0.493 e. The molecule has 0 aromatic heterocycles. The second-order valence-electron chi connectivity index (χ2n) is 8.00. The minimum Gasteiger partial charge on any atom is -0.493 e.